The van der Waals surface area contributed by atoms with Crippen LogP contribution in [0.25, 0.3) is 0 Å². The highest BCUT2D eigenvalue weighted by atomic mass is 16.6. The maximum Gasteiger partial charge on any atom is 0.416 e. The van der Waals surface area contributed by atoms with E-state index in [9.17, 15) is 14.4 Å². The van der Waals surface area contributed by atoms with E-state index >= 15 is 0 Å². The van der Waals surface area contributed by atoms with Crippen LogP contribution < -0.4 is 0 Å². The van der Waals surface area contributed by atoms with Crippen molar-refractivity contribution in [2.75, 3.05) is 13.7 Å². The third-order valence-corrected chi connectivity index (χ3v) is 3.28. The molecule has 6 heteroatoms. The summed E-state index contributed by atoms with van der Waals surface area (Å²) in [5, 5.41) is 0. The van der Waals surface area contributed by atoms with Crippen LogP contribution in [0.4, 0.5) is 4.79 Å². The standard InChI is InChI=1S/C15H23NO5/c1-9(2)11-8-16(14(19)20-6)13(18)10(11)7-12(17)21-15(3,4)5/h10-11H,1,7-8H2,2-6H3/t10-,11+/m0/s1. The van der Waals surface area contributed by atoms with Gasteiger partial charge < -0.3 is 9.47 Å². The maximum atomic E-state index is 12.3. The molecule has 2 atom stereocenters. The lowest BCUT2D eigenvalue weighted by Crippen LogP contribution is -2.34. The van der Waals surface area contributed by atoms with E-state index in [-0.39, 0.29) is 18.9 Å². The van der Waals surface area contributed by atoms with Crippen LogP contribution in [0.3, 0.4) is 0 Å². The largest absolute Gasteiger partial charge is 0.460 e. The highest BCUT2D eigenvalue weighted by molar-refractivity contribution is 5.97. The van der Waals surface area contributed by atoms with E-state index in [2.05, 4.69) is 11.3 Å². The summed E-state index contributed by atoms with van der Waals surface area (Å²) in [6.07, 6.45) is -0.779. The average molecular weight is 297 g/mol. The number of rotatable bonds is 3. The van der Waals surface area contributed by atoms with E-state index in [1.54, 1.807) is 27.7 Å². The number of likely N-dealkylation sites (tertiary alicyclic amines) is 1. The Morgan fingerprint density at radius 1 is 1.38 bits per heavy atom. The van der Waals surface area contributed by atoms with Gasteiger partial charge in [0.25, 0.3) is 0 Å². The molecule has 0 N–H and O–H groups in total. The molecule has 1 heterocycles. The van der Waals surface area contributed by atoms with Gasteiger partial charge in [-0.15, -0.1) is 0 Å². The lowest BCUT2D eigenvalue weighted by atomic mass is 9.87. The molecule has 6 nitrogen and oxygen atoms in total. The fourth-order valence-corrected chi connectivity index (χ4v) is 2.35. The van der Waals surface area contributed by atoms with E-state index in [4.69, 9.17) is 4.74 Å². The predicted octanol–water partition coefficient (Wildman–Crippen LogP) is 2.14. The summed E-state index contributed by atoms with van der Waals surface area (Å²) in [5.74, 6) is -1.76. The van der Waals surface area contributed by atoms with Crippen LogP contribution in [0.5, 0.6) is 0 Å². The van der Waals surface area contributed by atoms with Crippen LogP contribution >= 0.6 is 0 Å². The first kappa shape index (κ1) is 17.2. The zero-order valence-electron chi connectivity index (χ0n) is 13.3. The van der Waals surface area contributed by atoms with Gasteiger partial charge in [-0.1, -0.05) is 12.2 Å². The van der Waals surface area contributed by atoms with Gasteiger partial charge in [-0.2, -0.15) is 0 Å². The van der Waals surface area contributed by atoms with Gasteiger partial charge in [0.15, 0.2) is 0 Å². The van der Waals surface area contributed by atoms with E-state index in [0.29, 0.717) is 0 Å². The molecule has 1 saturated heterocycles. The molecule has 21 heavy (non-hydrogen) atoms. The Labute approximate surface area is 125 Å². The Kier molecular flexibility index (Phi) is 5.15. The second kappa shape index (κ2) is 6.28. The quantitative estimate of drug-likeness (QED) is 0.589. The highest BCUT2D eigenvalue weighted by Crippen LogP contribution is 2.33. The molecule has 1 rings (SSSR count). The van der Waals surface area contributed by atoms with Gasteiger partial charge in [-0.05, 0) is 27.7 Å². The van der Waals surface area contributed by atoms with E-state index < -0.39 is 29.5 Å². The van der Waals surface area contributed by atoms with E-state index in [0.717, 1.165) is 10.5 Å². The minimum atomic E-state index is -0.710. The summed E-state index contributed by atoms with van der Waals surface area (Å²) < 4.78 is 9.83. The highest BCUT2D eigenvalue weighted by Gasteiger charge is 2.45. The zero-order chi connectivity index (χ0) is 16.4. The van der Waals surface area contributed by atoms with Crippen molar-refractivity contribution in [3.8, 4) is 0 Å². The van der Waals surface area contributed by atoms with Crippen LogP contribution in [-0.2, 0) is 19.1 Å². The van der Waals surface area contributed by atoms with Crippen molar-refractivity contribution in [3.63, 3.8) is 0 Å². The van der Waals surface area contributed by atoms with Gasteiger partial charge in [0, 0.05) is 12.5 Å². The van der Waals surface area contributed by atoms with Gasteiger partial charge in [-0.3, -0.25) is 9.59 Å². The molecule has 0 bridgehead atoms. The molecule has 0 unspecified atom stereocenters. The Morgan fingerprint density at radius 2 is 1.95 bits per heavy atom. The van der Waals surface area contributed by atoms with Crippen molar-refractivity contribution in [1.82, 2.24) is 4.90 Å². The second-order valence-corrected chi connectivity index (χ2v) is 6.27. The minimum absolute atomic E-state index is 0.0683. The number of carbonyl (C=O) groups is 3. The van der Waals surface area contributed by atoms with Crippen LogP contribution in [0, 0.1) is 11.8 Å². The summed E-state index contributed by atoms with van der Waals surface area (Å²) in [6.45, 7) is 11.1. The molecule has 1 aliphatic rings. The lowest BCUT2D eigenvalue weighted by Gasteiger charge is -2.22. The minimum Gasteiger partial charge on any atom is -0.460 e. The van der Waals surface area contributed by atoms with Crippen molar-refractivity contribution in [3.05, 3.63) is 12.2 Å². The molecule has 0 spiro atoms. The normalized spacial score (nSPS) is 22.1. The molecule has 0 aromatic rings. The lowest BCUT2D eigenvalue weighted by molar-refractivity contribution is -0.157. The van der Waals surface area contributed by atoms with Crippen LogP contribution in [0.15, 0.2) is 12.2 Å². The number of nitrogens with zero attached hydrogens (tertiary/aromatic N) is 1. The van der Waals surface area contributed by atoms with Gasteiger partial charge in [0.1, 0.15) is 5.60 Å². The van der Waals surface area contributed by atoms with E-state index in [1.165, 1.54) is 7.11 Å². The fourth-order valence-electron chi connectivity index (χ4n) is 2.35. The number of methoxy groups -OCH3 is 1. The monoisotopic (exact) mass is 297 g/mol. The first-order valence-corrected chi connectivity index (χ1v) is 6.83. The number of imide groups is 1. The SMILES string of the molecule is C=C(C)[C@H]1CN(C(=O)OC)C(=O)[C@H]1CC(=O)OC(C)(C)C. The second-order valence-electron chi connectivity index (χ2n) is 6.27. The third kappa shape index (κ3) is 4.31. The number of esters is 1. The van der Waals surface area contributed by atoms with Gasteiger partial charge >= 0.3 is 12.1 Å². The Balaban J connectivity index is 2.87. The summed E-state index contributed by atoms with van der Waals surface area (Å²) in [5.41, 5.74) is 0.141. The van der Waals surface area contributed by atoms with Crippen molar-refractivity contribution < 1.29 is 23.9 Å². The number of amides is 2. The summed E-state index contributed by atoms with van der Waals surface area (Å²) in [7, 11) is 1.21. The topological polar surface area (TPSA) is 72.9 Å². The maximum absolute atomic E-state index is 12.3. The Hall–Kier alpha value is -1.85. The Bertz CT molecular complexity index is 463. The molecular formula is C15H23NO5. The molecule has 0 aliphatic carbocycles. The molecular weight excluding hydrogens is 274 g/mol. The molecule has 118 valence electrons. The van der Waals surface area contributed by atoms with Crippen molar-refractivity contribution in [1.29, 1.82) is 0 Å². The van der Waals surface area contributed by atoms with Crippen molar-refractivity contribution in [2.24, 2.45) is 11.8 Å². The molecule has 2 amide bonds. The Morgan fingerprint density at radius 3 is 2.38 bits per heavy atom. The number of carbonyl (C=O) groups excluding carboxylic acids is 3. The molecule has 0 radical (unpaired) electrons. The summed E-state index contributed by atoms with van der Waals surface area (Å²) in [6, 6.07) is 0. The predicted molar refractivity (Wildman–Crippen MR) is 76.4 cm³/mol. The van der Waals surface area contributed by atoms with Gasteiger partial charge in [0.05, 0.1) is 19.4 Å². The molecule has 0 saturated carbocycles. The smallest absolute Gasteiger partial charge is 0.416 e. The first-order chi connectivity index (χ1) is 9.56. The summed E-state index contributed by atoms with van der Waals surface area (Å²) >= 11 is 0. The van der Waals surface area contributed by atoms with E-state index in [1.807, 2.05) is 0 Å². The first-order valence-electron chi connectivity index (χ1n) is 6.83. The molecule has 0 aromatic carbocycles. The number of ether oxygens (including phenoxy) is 2. The van der Waals surface area contributed by atoms with Gasteiger partial charge in [0.2, 0.25) is 5.91 Å². The molecule has 0 aromatic heterocycles. The van der Waals surface area contributed by atoms with Crippen molar-refractivity contribution >= 4 is 18.0 Å². The zero-order valence-corrected chi connectivity index (χ0v) is 13.3. The van der Waals surface area contributed by atoms with Crippen LogP contribution in [0.1, 0.15) is 34.1 Å². The number of hydrogen-bond acceptors (Lipinski definition) is 5. The summed E-state index contributed by atoms with van der Waals surface area (Å²) in [4.78, 5) is 36.8. The van der Waals surface area contributed by atoms with Crippen molar-refractivity contribution in [2.45, 2.75) is 39.7 Å². The van der Waals surface area contributed by atoms with Gasteiger partial charge in [-0.25, -0.2) is 9.69 Å². The fraction of sp³-hybridized carbons (Fsp3) is 0.667. The third-order valence-electron chi connectivity index (χ3n) is 3.28. The van der Waals surface area contributed by atoms with Crippen LogP contribution in [-0.4, -0.2) is 42.1 Å². The van der Waals surface area contributed by atoms with Crippen LogP contribution in [0.2, 0.25) is 0 Å². The average Bonchev–Trinajstić information content (AvgIpc) is 2.64. The molecule has 1 fully saturated rings. The molecule has 1 aliphatic heterocycles. The number of hydrogen-bond donors (Lipinski definition) is 0.